The first-order valence-corrected chi connectivity index (χ1v) is 7.46. The van der Waals surface area contributed by atoms with Crippen LogP contribution in [0.25, 0.3) is 0 Å². The lowest BCUT2D eigenvalue weighted by Gasteiger charge is -2.19. The number of hydrogen-bond donors (Lipinski definition) is 0. The van der Waals surface area contributed by atoms with Crippen molar-refractivity contribution in [3.63, 3.8) is 0 Å². The molecule has 0 aromatic heterocycles. The summed E-state index contributed by atoms with van der Waals surface area (Å²) in [5, 5.41) is 0. The Hall–Kier alpha value is -0.200. The van der Waals surface area contributed by atoms with Crippen molar-refractivity contribution in [3.05, 3.63) is 30.3 Å². The van der Waals surface area contributed by atoms with E-state index < -0.39 is 0 Å². The lowest BCUT2D eigenvalue weighted by molar-refractivity contribution is 1.37. The number of hydrogen-bond acceptors (Lipinski definition) is 2. The molecular weight excluding hydrogens is 185 g/mol. The number of nitrogens with zero attached hydrogens (tertiary/aromatic N) is 1. The summed E-state index contributed by atoms with van der Waals surface area (Å²) < 4.78 is 2.23. The highest BCUT2D eigenvalue weighted by molar-refractivity contribution is 8.56. The standard InChI is InChI=1S/C9H14NPS/c1-10(12-11(2)3)9-7-5-4-6-8-9/h4-8H,1-3H3. The number of para-hydroxylation sites is 1. The average molecular weight is 199 g/mol. The maximum Gasteiger partial charge on any atom is 0.0469 e. The van der Waals surface area contributed by atoms with Crippen LogP contribution in [0.2, 0.25) is 0 Å². The lowest BCUT2D eigenvalue weighted by Crippen LogP contribution is -2.03. The van der Waals surface area contributed by atoms with Crippen molar-refractivity contribution < 1.29 is 0 Å². The third-order valence-electron chi connectivity index (χ3n) is 1.41. The normalized spacial score (nSPS) is 10.3. The fourth-order valence-electron chi connectivity index (χ4n) is 0.930. The summed E-state index contributed by atoms with van der Waals surface area (Å²) >= 11 is 1.91. The summed E-state index contributed by atoms with van der Waals surface area (Å²) in [5.41, 5.74) is 1.28. The van der Waals surface area contributed by atoms with Gasteiger partial charge in [-0.1, -0.05) is 18.2 Å². The average Bonchev–Trinajstić information content (AvgIpc) is 2.05. The fourth-order valence-corrected chi connectivity index (χ4v) is 3.39. The largest absolute Gasteiger partial charge is 0.316 e. The molecule has 0 radical (unpaired) electrons. The van der Waals surface area contributed by atoms with Crippen LogP contribution < -0.4 is 4.31 Å². The highest BCUT2D eigenvalue weighted by Gasteiger charge is 2.01. The van der Waals surface area contributed by atoms with Gasteiger partial charge in [0, 0.05) is 12.7 Å². The molecule has 0 spiro atoms. The van der Waals surface area contributed by atoms with E-state index in [-0.39, 0.29) is 7.12 Å². The maximum atomic E-state index is 2.26. The van der Waals surface area contributed by atoms with Crippen LogP contribution in [0.1, 0.15) is 0 Å². The van der Waals surface area contributed by atoms with Crippen molar-refractivity contribution in [1.82, 2.24) is 0 Å². The molecule has 0 atom stereocenters. The monoisotopic (exact) mass is 199 g/mol. The van der Waals surface area contributed by atoms with Gasteiger partial charge in [-0.2, -0.15) is 0 Å². The van der Waals surface area contributed by atoms with Crippen molar-refractivity contribution in [1.29, 1.82) is 0 Å². The molecule has 1 aromatic carbocycles. The minimum atomic E-state index is 0.0791. The Morgan fingerprint density at radius 1 is 1.17 bits per heavy atom. The van der Waals surface area contributed by atoms with Crippen LogP contribution in [0.15, 0.2) is 30.3 Å². The first-order chi connectivity index (χ1) is 5.70. The van der Waals surface area contributed by atoms with Crippen LogP contribution in [0, 0.1) is 0 Å². The zero-order valence-corrected chi connectivity index (χ0v) is 9.40. The quantitative estimate of drug-likeness (QED) is 0.542. The Morgan fingerprint density at radius 3 is 2.25 bits per heavy atom. The second-order valence-electron chi connectivity index (χ2n) is 2.73. The lowest BCUT2D eigenvalue weighted by atomic mass is 10.3. The van der Waals surface area contributed by atoms with Gasteiger partial charge in [0.25, 0.3) is 0 Å². The molecule has 0 N–H and O–H groups in total. The van der Waals surface area contributed by atoms with E-state index in [2.05, 4.69) is 48.9 Å². The Bertz CT molecular complexity index is 225. The molecule has 0 aliphatic heterocycles. The molecule has 0 bridgehead atoms. The van der Waals surface area contributed by atoms with E-state index in [1.54, 1.807) is 0 Å². The summed E-state index contributed by atoms with van der Waals surface area (Å²) in [4.78, 5) is 0. The smallest absolute Gasteiger partial charge is 0.0469 e. The predicted octanol–water partition coefficient (Wildman–Crippen LogP) is 3.43. The molecule has 1 rings (SSSR count). The van der Waals surface area contributed by atoms with E-state index in [1.807, 2.05) is 17.6 Å². The Morgan fingerprint density at radius 2 is 1.75 bits per heavy atom. The summed E-state index contributed by atoms with van der Waals surface area (Å²) in [6.07, 6.45) is 0. The predicted molar refractivity (Wildman–Crippen MR) is 61.2 cm³/mol. The molecule has 12 heavy (non-hydrogen) atoms. The summed E-state index contributed by atoms with van der Waals surface area (Å²) in [5.74, 6) is 0. The van der Waals surface area contributed by atoms with Gasteiger partial charge >= 0.3 is 0 Å². The molecule has 0 aliphatic carbocycles. The fraction of sp³-hybridized carbons (Fsp3) is 0.333. The topological polar surface area (TPSA) is 3.24 Å². The van der Waals surface area contributed by atoms with E-state index in [1.165, 1.54) is 5.69 Å². The minimum Gasteiger partial charge on any atom is -0.316 e. The molecule has 3 heteroatoms. The Balaban J connectivity index is 2.59. The van der Waals surface area contributed by atoms with E-state index in [9.17, 15) is 0 Å². The Kier molecular flexibility index (Phi) is 3.90. The van der Waals surface area contributed by atoms with Crippen LogP contribution in [0.4, 0.5) is 5.69 Å². The summed E-state index contributed by atoms with van der Waals surface area (Å²) in [6, 6.07) is 10.4. The van der Waals surface area contributed by atoms with E-state index >= 15 is 0 Å². The van der Waals surface area contributed by atoms with Gasteiger partial charge in [0.2, 0.25) is 0 Å². The van der Waals surface area contributed by atoms with Crippen LogP contribution in [-0.2, 0) is 0 Å². The van der Waals surface area contributed by atoms with Crippen molar-refractivity contribution in [2.75, 3.05) is 24.7 Å². The minimum absolute atomic E-state index is 0.0791. The van der Waals surface area contributed by atoms with E-state index in [0.717, 1.165) is 0 Å². The van der Waals surface area contributed by atoms with Crippen molar-refractivity contribution >= 4 is 24.4 Å². The number of anilines is 1. The van der Waals surface area contributed by atoms with Crippen LogP contribution in [0.5, 0.6) is 0 Å². The highest BCUT2D eigenvalue weighted by Crippen LogP contribution is 2.45. The van der Waals surface area contributed by atoms with Crippen molar-refractivity contribution in [2.24, 2.45) is 0 Å². The molecule has 0 heterocycles. The molecule has 0 fully saturated rings. The molecule has 1 aromatic rings. The van der Waals surface area contributed by atoms with Crippen LogP contribution >= 0.6 is 18.7 Å². The van der Waals surface area contributed by atoms with Crippen LogP contribution in [-0.4, -0.2) is 20.4 Å². The summed E-state index contributed by atoms with van der Waals surface area (Å²) in [7, 11) is 2.19. The number of rotatable bonds is 3. The third kappa shape index (κ3) is 3.04. The van der Waals surface area contributed by atoms with Crippen molar-refractivity contribution in [3.8, 4) is 0 Å². The van der Waals surface area contributed by atoms with E-state index in [4.69, 9.17) is 0 Å². The third-order valence-corrected chi connectivity index (χ3v) is 3.90. The van der Waals surface area contributed by atoms with Gasteiger partial charge in [-0.25, -0.2) is 0 Å². The zero-order chi connectivity index (χ0) is 8.97. The molecule has 0 unspecified atom stereocenters. The molecule has 1 nitrogen and oxygen atoms in total. The molecular formula is C9H14NPS. The maximum absolute atomic E-state index is 2.26. The first-order valence-electron chi connectivity index (χ1n) is 3.84. The zero-order valence-electron chi connectivity index (χ0n) is 7.69. The van der Waals surface area contributed by atoms with Gasteiger partial charge in [-0.15, -0.1) is 0 Å². The van der Waals surface area contributed by atoms with E-state index in [0.29, 0.717) is 0 Å². The van der Waals surface area contributed by atoms with Crippen molar-refractivity contribution in [2.45, 2.75) is 0 Å². The number of benzene rings is 1. The second-order valence-corrected chi connectivity index (χ2v) is 7.74. The molecule has 0 amide bonds. The highest BCUT2D eigenvalue weighted by atomic mass is 32.7. The van der Waals surface area contributed by atoms with Gasteiger partial charge in [-0.05, 0) is 44.2 Å². The van der Waals surface area contributed by atoms with Gasteiger partial charge < -0.3 is 4.31 Å². The SMILES string of the molecule is CN(SP(C)C)c1ccccc1. The molecule has 0 saturated heterocycles. The van der Waals surface area contributed by atoms with Gasteiger partial charge in [0.15, 0.2) is 0 Å². The van der Waals surface area contributed by atoms with Gasteiger partial charge in [0.1, 0.15) is 0 Å². The van der Waals surface area contributed by atoms with Crippen LogP contribution in [0.3, 0.4) is 0 Å². The summed E-state index contributed by atoms with van der Waals surface area (Å²) in [6.45, 7) is 4.53. The first kappa shape index (κ1) is 9.88. The second kappa shape index (κ2) is 4.74. The van der Waals surface area contributed by atoms with Gasteiger partial charge in [0.05, 0.1) is 0 Å². The molecule has 0 saturated carbocycles. The molecule has 66 valence electrons. The Labute approximate surface area is 79.8 Å². The molecule has 0 aliphatic rings. The van der Waals surface area contributed by atoms with Gasteiger partial charge in [-0.3, -0.25) is 0 Å².